The predicted molar refractivity (Wildman–Crippen MR) is 69.4 cm³/mol. The second-order valence-corrected chi connectivity index (χ2v) is 4.27. The van der Waals surface area contributed by atoms with Crippen molar-refractivity contribution >= 4 is 17.6 Å². The summed E-state index contributed by atoms with van der Waals surface area (Å²) in [5.74, 6) is 0.434. The second kappa shape index (κ2) is 6.00. The molecule has 18 heavy (non-hydrogen) atoms. The van der Waals surface area contributed by atoms with Crippen LogP contribution in [0.1, 0.15) is 10.4 Å². The van der Waals surface area contributed by atoms with Crippen LogP contribution in [0.5, 0.6) is 0 Å². The Bertz CT molecular complexity index is 426. The van der Waals surface area contributed by atoms with Crippen molar-refractivity contribution in [1.29, 1.82) is 0 Å². The fourth-order valence-electron chi connectivity index (χ4n) is 1.21. The van der Waals surface area contributed by atoms with E-state index in [1.54, 1.807) is 40.3 Å². The molecule has 0 unspecified atom stereocenters. The van der Waals surface area contributed by atoms with Gasteiger partial charge in [-0.1, -0.05) is 0 Å². The molecule has 1 rings (SSSR count). The number of nitrogens with zero attached hydrogens (tertiary/aromatic N) is 3. The van der Waals surface area contributed by atoms with Gasteiger partial charge < -0.3 is 15.1 Å². The van der Waals surface area contributed by atoms with Gasteiger partial charge in [-0.05, 0) is 12.1 Å². The molecule has 6 heteroatoms. The van der Waals surface area contributed by atoms with Gasteiger partial charge in [0.05, 0.1) is 12.1 Å². The van der Waals surface area contributed by atoms with E-state index < -0.39 is 0 Å². The van der Waals surface area contributed by atoms with Crippen molar-refractivity contribution in [2.24, 2.45) is 0 Å². The number of nitrogens with one attached hydrogen (secondary N) is 1. The summed E-state index contributed by atoms with van der Waals surface area (Å²) in [6, 6.07) is 3.36. The van der Waals surface area contributed by atoms with Crippen LogP contribution in [0.15, 0.2) is 18.3 Å². The van der Waals surface area contributed by atoms with Gasteiger partial charge in [0.15, 0.2) is 0 Å². The fraction of sp³-hybridized carbons (Fsp3) is 0.417. The van der Waals surface area contributed by atoms with Gasteiger partial charge in [-0.25, -0.2) is 4.98 Å². The van der Waals surface area contributed by atoms with E-state index in [0.29, 0.717) is 11.4 Å². The highest BCUT2D eigenvalue weighted by atomic mass is 16.2. The first-order chi connectivity index (χ1) is 8.41. The molecule has 6 nitrogen and oxygen atoms in total. The summed E-state index contributed by atoms with van der Waals surface area (Å²) >= 11 is 0. The summed E-state index contributed by atoms with van der Waals surface area (Å²) in [5, 5.41) is 2.89. The highest BCUT2D eigenvalue weighted by Gasteiger charge is 2.08. The monoisotopic (exact) mass is 250 g/mol. The Kier molecular flexibility index (Phi) is 4.65. The topological polar surface area (TPSA) is 65.5 Å². The van der Waals surface area contributed by atoms with Gasteiger partial charge in [0.2, 0.25) is 5.91 Å². The van der Waals surface area contributed by atoms with Gasteiger partial charge in [-0.3, -0.25) is 9.59 Å². The van der Waals surface area contributed by atoms with Crippen molar-refractivity contribution in [3.63, 3.8) is 0 Å². The molecule has 1 aromatic rings. The van der Waals surface area contributed by atoms with Crippen LogP contribution in [-0.4, -0.2) is 61.3 Å². The molecule has 0 saturated carbocycles. The molecule has 1 heterocycles. The Morgan fingerprint density at radius 2 is 1.83 bits per heavy atom. The van der Waals surface area contributed by atoms with Crippen molar-refractivity contribution in [3.8, 4) is 0 Å². The number of likely N-dealkylation sites (N-methyl/N-ethyl adjacent to an activating group) is 1. The van der Waals surface area contributed by atoms with Crippen molar-refractivity contribution < 1.29 is 9.59 Å². The van der Waals surface area contributed by atoms with E-state index in [-0.39, 0.29) is 18.4 Å². The molecule has 2 amide bonds. The molecule has 0 aliphatic rings. The number of aromatic nitrogens is 1. The Labute approximate surface area is 107 Å². The van der Waals surface area contributed by atoms with Crippen LogP contribution in [-0.2, 0) is 4.79 Å². The van der Waals surface area contributed by atoms with Gasteiger partial charge in [-0.15, -0.1) is 0 Å². The van der Waals surface area contributed by atoms with Crippen molar-refractivity contribution in [2.45, 2.75) is 0 Å². The van der Waals surface area contributed by atoms with Crippen LogP contribution in [0.2, 0.25) is 0 Å². The molecule has 1 N–H and O–H groups in total. The third-order valence-electron chi connectivity index (χ3n) is 2.34. The van der Waals surface area contributed by atoms with Crippen molar-refractivity contribution in [3.05, 3.63) is 23.9 Å². The molecule has 0 radical (unpaired) electrons. The Morgan fingerprint density at radius 1 is 1.17 bits per heavy atom. The zero-order valence-corrected chi connectivity index (χ0v) is 11.1. The number of carbonyl (C=O) groups excluding carboxylic acids is 2. The molecule has 0 aromatic carbocycles. The second-order valence-electron chi connectivity index (χ2n) is 4.27. The Balaban J connectivity index is 2.61. The van der Waals surface area contributed by atoms with Crippen molar-refractivity contribution in [1.82, 2.24) is 14.8 Å². The lowest BCUT2D eigenvalue weighted by molar-refractivity contribution is -0.126. The average Bonchev–Trinajstić information content (AvgIpc) is 2.35. The molecular formula is C12H18N4O2. The number of amides is 2. The van der Waals surface area contributed by atoms with E-state index in [1.165, 1.54) is 16.0 Å². The molecular weight excluding hydrogens is 232 g/mol. The van der Waals surface area contributed by atoms with E-state index in [2.05, 4.69) is 10.3 Å². The van der Waals surface area contributed by atoms with E-state index in [1.807, 2.05) is 0 Å². The molecule has 1 aromatic heterocycles. The first-order valence-corrected chi connectivity index (χ1v) is 5.53. The maximum absolute atomic E-state index is 11.6. The number of rotatable bonds is 4. The van der Waals surface area contributed by atoms with Crippen LogP contribution in [0.4, 0.5) is 5.82 Å². The minimum Gasteiger partial charge on any atom is -0.361 e. The molecule has 0 aliphatic carbocycles. The number of hydrogen-bond acceptors (Lipinski definition) is 4. The first kappa shape index (κ1) is 14.0. The SMILES string of the molecule is CN(C)C(=O)CNc1ccc(C(=O)N(C)C)cn1. The lowest BCUT2D eigenvalue weighted by Crippen LogP contribution is -2.28. The highest BCUT2D eigenvalue weighted by Crippen LogP contribution is 2.06. The van der Waals surface area contributed by atoms with Crippen LogP contribution < -0.4 is 5.32 Å². The predicted octanol–water partition coefficient (Wildman–Crippen LogP) is 0.283. The quantitative estimate of drug-likeness (QED) is 0.833. The zero-order valence-electron chi connectivity index (χ0n) is 11.1. The van der Waals surface area contributed by atoms with E-state index in [4.69, 9.17) is 0 Å². The first-order valence-electron chi connectivity index (χ1n) is 5.53. The average molecular weight is 250 g/mol. The zero-order chi connectivity index (χ0) is 13.7. The molecule has 0 aliphatic heterocycles. The largest absolute Gasteiger partial charge is 0.361 e. The summed E-state index contributed by atoms with van der Waals surface area (Å²) < 4.78 is 0. The lowest BCUT2D eigenvalue weighted by Gasteiger charge is -2.12. The highest BCUT2D eigenvalue weighted by molar-refractivity contribution is 5.93. The number of carbonyl (C=O) groups is 2. The molecule has 0 atom stereocenters. The van der Waals surface area contributed by atoms with E-state index in [9.17, 15) is 9.59 Å². The van der Waals surface area contributed by atoms with E-state index >= 15 is 0 Å². The van der Waals surface area contributed by atoms with Crippen molar-refractivity contribution in [2.75, 3.05) is 40.1 Å². The molecule has 0 bridgehead atoms. The van der Waals surface area contributed by atoms with Crippen LogP contribution in [0.3, 0.4) is 0 Å². The minimum absolute atomic E-state index is 0.0368. The standard InChI is InChI=1S/C12H18N4O2/c1-15(2)11(17)8-14-10-6-5-9(7-13-10)12(18)16(3)4/h5-7H,8H2,1-4H3,(H,13,14). The van der Waals surface area contributed by atoms with Gasteiger partial charge in [0.25, 0.3) is 5.91 Å². The maximum Gasteiger partial charge on any atom is 0.254 e. The van der Waals surface area contributed by atoms with E-state index in [0.717, 1.165) is 0 Å². The number of hydrogen-bond donors (Lipinski definition) is 1. The Morgan fingerprint density at radius 3 is 2.28 bits per heavy atom. The Hall–Kier alpha value is -2.11. The van der Waals surface area contributed by atoms with Crippen LogP contribution in [0, 0.1) is 0 Å². The molecule has 0 spiro atoms. The van der Waals surface area contributed by atoms with Gasteiger partial charge in [0.1, 0.15) is 5.82 Å². The number of anilines is 1. The molecule has 98 valence electrons. The fourth-order valence-corrected chi connectivity index (χ4v) is 1.21. The maximum atomic E-state index is 11.6. The summed E-state index contributed by atoms with van der Waals surface area (Å²) in [7, 11) is 6.75. The van der Waals surface area contributed by atoms with Gasteiger partial charge in [0, 0.05) is 34.4 Å². The van der Waals surface area contributed by atoms with Gasteiger partial charge >= 0.3 is 0 Å². The third kappa shape index (κ3) is 3.73. The summed E-state index contributed by atoms with van der Waals surface area (Å²) in [6.07, 6.45) is 1.49. The summed E-state index contributed by atoms with van der Waals surface area (Å²) in [6.45, 7) is 0.182. The molecule has 0 fully saturated rings. The summed E-state index contributed by atoms with van der Waals surface area (Å²) in [4.78, 5) is 30.0. The third-order valence-corrected chi connectivity index (χ3v) is 2.34. The normalized spacial score (nSPS) is 9.78. The smallest absolute Gasteiger partial charge is 0.254 e. The minimum atomic E-state index is -0.0987. The summed E-state index contributed by atoms with van der Waals surface area (Å²) in [5.41, 5.74) is 0.518. The van der Waals surface area contributed by atoms with Gasteiger partial charge in [-0.2, -0.15) is 0 Å². The van der Waals surface area contributed by atoms with Crippen LogP contribution in [0.25, 0.3) is 0 Å². The lowest BCUT2D eigenvalue weighted by atomic mass is 10.2. The molecule has 0 saturated heterocycles. The number of pyridine rings is 1. The van der Waals surface area contributed by atoms with Crippen LogP contribution >= 0.6 is 0 Å².